The Morgan fingerprint density at radius 3 is 2.83 bits per heavy atom. The lowest BCUT2D eigenvalue weighted by Gasteiger charge is -2.29. The first-order valence-electron chi connectivity index (χ1n) is 9.30. The van der Waals surface area contributed by atoms with Gasteiger partial charge < -0.3 is 15.4 Å². The highest BCUT2D eigenvalue weighted by Gasteiger charge is 2.42. The molecule has 24 heavy (non-hydrogen) atoms. The van der Waals surface area contributed by atoms with Crippen LogP contribution in [0.25, 0.3) is 0 Å². The van der Waals surface area contributed by atoms with Gasteiger partial charge in [-0.3, -0.25) is 4.79 Å². The summed E-state index contributed by atoms with van der Waals surface area (Å²) >= 11 is 0. The van der Waals surface area contributed by atoms with Crippen LogP contribution in [0, 0.1) is 12.8 Å². The third-order valence-electron chi connectivity index (χ3n) is 5.85. The molecule has 2 N–H and O–H groups in total. The number of carbonyl (C=O) groups is 1. The summed E-state index contributed by atoms with van der Waals surface area (Å²) in [6, 6.07) is 6.26. The predicted molar refractivity (Wildman–Crippen MR) is 96.5 cm³/mol. The zero-order chi connectivity index (χ0) is 17.0. The number of hydrogen-bond donors (Lipinski definition) is 2. The van der Waals surface area contributed by atoms with Crippen molar-refractivity contribution < 1.29 is 9.53 Å². The standard InChI is InChI=1S/C20H30N2O2/c1-15-5-6-17(13-18(15)24-2)20(9-3-4-10-20)19(23)22-12-8-16-7-11-21-14-16/h5-6,13,16,21H,3-4,7-12,14H2,1-2H3,(H,22,23). The average molecular weight is 330 g/mol. The van der Waals surface area contributed by atoms with E-state index in [1.165, 1.54) is 6.42 Å². The summed E-state index contributed by atoms with van der Waals surface area (Å²) in [7, 11) is 1.70. The Labute approximate surface area is 145 Å². The number of hydrogen-bond acceptors (Lipinski definition) is 3. The van der Waals surface area contributed by atoms with Crippen molar-refractivity contribution in [1.82, 2.24) is 10.6 Å². The Kier molecular flexibility index (Phi) is 5.44. The van der Waals surface area contributed by atoms with Gasteiger partial charge in [-0.15, -0.1) is 0 Å². The van der Waals surface area contributed by atoms with E-state index in [0.717, 1.165) is 68.6 Å². The molecule has 4 heteroatoms. The van der Waals surface area contributed by atoms with E-state index in [1.807, 2.05) is 6.92 Å². The minimum atomic E-state index is -0.366. The molecule has 1 unspecified atom stereocenters. The van der Waals surface area contributed by atoms with Crippen LogP contribution in [0.2, 0.25) is 0 Å². The van der Waals surface area contributed by atoms with Crippen molar-refractivity contribution in [3.63, 3.8) is 0 Å². The van der Waals surface area contributed by atoms with Gasteiger partial charge in [0.05, 0.1) is 12.5 Å². The van der Waals surface area contributed by atoms with Crippen molar-refractivity contribution in [3.8, 4) is 5.75 Å². The molecular weight excluding hydrogens is 300 g/mol. The molecule has 1 aliphatic heterocycles. The molecule has 1 atom stereocenters. The molecule has 0 bridgehead atoms. The van der Waals surface area contributed by atoms with Gasteiger partial charge in [0.15, 0.2) is 0 Å². The number of benzene rings is 1. The summed E-state index contributed by atoms with van der Waals surface area (Å²) in [6.07, 6.45) is 6.43. The Bertz CT molecular complexity index is 573. The fourth-order valence-electron chi connectivity index (χ4n) is 4.26. The summed E-state index contributed by atoms with van der Waals surface area (Å²) in [5, 5.41) is 6.63. The van der Waals surface area contributed by atoms with E-state index in [4.69, 9.17) is 4.74 Å². The fraction of sp³-hybridized carbons (Fsp3) is 0.650. The lowest BCUT2D eigenvalue weighted by Crippen LogP contribution is -2.43. The summed E-state index contributed by atoms with van der Waals surface area (Å²) in [5.74, 6) is 1.80. The lowest BCUT2D eigenvalue weighted by molar-refractivity contribution is -0.126. The monoisotopic (exact) mass is 330 g/mol. The summed E-state index contributed by atoms with van der Waals surface area (Å²) < 4.78 is 5.48. The summed E-state index contributed by atoms with van der Waals surface area (Å²) in [6.45, 7) is 5.04. The van der Waals surface area contributed by atoms with Crippen LogP contribution in [0.3, 0.4) is 0 Å². The number of methoxy groups -OCH3 is 1. The number of aryl methyl sites for hydroxylation is 1. The van der Waals surface area contributed by atoms with Crippen molar-refractivity contribution >= 4 is 5.91 Å². The molecular formula is C20H30N2O2. The average Bonchev–Trinajstić information content (AvgIpc) is 3.27. The Hall–Kier alpha value is -1.55. The maximum Gasteiger partial charge on any atom is 0.230 e. The van der Waals surface area contributed by atoms with Crippen LogP contribution in [0.4, 0.5) is 0 Å². The molecule has 4 nitrogen and oxygen atoms in total. The van der Waals surface area contributed by atoms with E-state index < -0.39 is 0 Å². The SMILES string of the molecule is COc1cc(C2(C(=O)NCCC3CCNC3)CCCC2)ccc1C. The van der Waals surface area contributed by atoms with Gasteiger partial charge in [-0.05, 0) is 68.8 Å². The van der Waals surface area contributed by atoms with Crippen molar-refractivity contribution in [2.45, 2.75) is 50.9 Å². The minimum Gasteiger partial charge on any atom is -0.496 e. The highest BCUT2D eigenvalue weighted by atomic mass is 16.5. The number of carbonyl (C=O) groups excluding carboxylic acids is 1. The summed E-state index contributed by atoms with van der Waals surface area (Å²) in [4.78, 5) is 13.1. The number of nitrogens with one attached hydrogen (secondary N) is 2. The van der Waals surface area contributed by atoms with E-state index in [9.17, 15) is 4.79 Å². The lowest BCUT2D eigenvalue weighted by atomic mass is 9.77. The molecule has 0 spiro atoms. The van der Waals surface area contributed by atoms with Crippen molar-refractivity contribution in [1.29, 1.82) is 0 Å². The highest BCUT2D eigenvalue weighted by Crippen LogP contribution is 2.42. The first-order valence-corrected chi connectivity index (χ1v) is 9.30. The molecule has 1 aliphatic carbocycles. The van der Waals surface area contributed by atoms with Gasteiger partial charge in [-0.2, -0.15) is 0 Å². The Morgan fingerprint density at radius 1 is 1.38 bits per heavy atom. The molecule has 1 heterocycles. The van der Waals surface area contributed by atoms with E-state index in [0.29, 0.717) is 5.92 Å². The van der Waals surface area contributed by atoms with Crippen LogP contribution in [0.5, 0.6) is 5.75 Å². The van der Waals surface area contributed by atoms with Crippen LogP contribution in [-0.4, -0.2) is 32.7 Å². The Balaban J connectivity index is 1.71. The third kappa shape index (κ3) is 3.44. The molecule has 2 aliphatic rings. The molecule has 1 saturated carbocycles. The predicted octanol–water partition coefficient (Wildman–Crippen LogP) is 2.93. The zero-order valence-corrected chi connectivity index (χ0v) is 15.0. The van der Waals surface area contributed by atoms with Gasteiger partial charge >= 0.3 is 0 Å². The highest BCUT2D eigenvalue weighted by molar-refractivity contribution is 5.88. The van der Waals surface area contributed by atoms with Gasteiger partial charge in [0, 0.05) is 6.54 Å². The minimum absolute atomic E-state index is 0.205. The van der Waals surface area contributed by atoms with Gasteiger partial charge in [0.25, 0.3) is 0 Å². The largest absolute Gasteiger partial charge is 0.496 e. The number of amides is 1. The van der Waals surface area contributed by atoms with Gasteiger partial charge in [-0.1, -0.05) is 25.0 Å². The number of ether oxygens (including phenoxy) is 1. The molecule has 0 aromatic heterocycles. The molecule has 1 saturated heterocycles. The number of rotatable bonds is 6. The molecule has 1 aromatic rings. The topological polar surface area (TPSA) is 50.4 Å². The van der Waals surface area contributed by atoms with E-state index >= 15 is 0 Å². The first-order chi connectivity index (χ1) is 11.7. The van der Waals surface area contributed by atoms with Crippen LogP contribution >= 0.6 is 0 Å². The van der Waals surface area contributed by atoms with Crippen molar-refractivity contribution in [2.75, 3.05) is 26.7 Å². The molecule has 1 aromatic carbocycles. The maximum absolute atomic E-state index is 13.1. The third-order valence-corrected chi connectivity index (χ3v) is 5.85. The molecule has 3 rings (SSSR count). The van der Waals surface area contributed by atoms with Crippen LogP contribution in [0.15, 0.2) is 18.2 Å². The molecule has 132 valence electrons. The van der Waals surface area contributed by atoms with Crippen molar-refractivity contribution in [3.05, 3.63) is 29.3 Å². The van der Waals surface area contributed by atoms with E-state index in [1.54, 1.807) is 7.11 Å². The quantitative estimate of drug-likeness (QED) is 0.843. The second-order valence-electron chi connectivity index (χ2n) is 7.38. The second-order valence-corrected chi connectivity index (χ2v) is 7.38. The smallest absolute Gasteiger partial charge is 0.230 e. The molecule has 1 amide bonds. The van der Waals surface area contributed by atoms with Crippen LogP contribution < -0.4 is 15.4 Å². The first kappa shape index (κ1) is 17.3. The van der Waals surface area contributed by atoms with E-state index in [2.05, 4.69) is 28.8 Å². The zero-order valence-electron chi connectivity index (χ0n) is 15.0. The van der Waals surface area contributed by atoms with Crippen LogP contribution in [-0.2, 0) is 10.2 Å². The summed E-state index contributed by atoms with van der Waals surface area (Å²) in [5.41, 5.74) is 1.86. The molecule has 2 fully saturated rings. The maximum atomic E-state index is 13.1. The fourth-order valence-corrected chi connectivity index (χ4v) is 4.26. The van der Waals surface area contributed by atoms with Crippen LogP contribution in [0.1, 0.15) is 49.7 Å². The van der Waals surface area contributed by atoms with Gasteiger partial charge in [0.2, 0.25) is 5.91 Å². The van der Waals surface area contributed by atoms with Gasteiger partial charge in [0.1, 0.15) is 5.75 Å². The van der Waals surface area contributed by atoms with Gasteiger partial charge in [-0.25, -0.2) is 0 Å². The second kappa shape index (κ2) is 7.56. The molecule has 0 radical (unpaired) electrons. The normalized spacial score (nSPS) is 22.5. The van der Waals surface area contributed by atoms with E-state index in [-0.39, 0.29) is 11.3 Å². The van der Waals surface area contributed by atoms with Crippen molar-refractivity contribution in [2.24, 2.45) is 5.92 Å². The Morgan fingerprint density at radius 2 is 2.17 bits per heavy atom.